The van der Waals surface area contributed by atoms with Gasteiger partial charge in [0.15, 0.2) is 0 Å². The van der Waals surface area contributed by atoms with E-state index in [4.69, 9.17) is 5.21 Å². The lowest BCUT2D eigenvalue weighted by Gasteiger charge is -2.37. The van der Waals surface area contributed by atoms with Crippen LogP contribution in [0.3, 0.4) is 0 Å². The summed E-state index contributed by atoms with van der Waals surface area (Å²) in [6, 6.07) is 7.83. The van der Waals surface area contributed by atoms with Crippen LogP contribution in [0.4, 0.5) is 5.69 Å². The van der Waals surface area contributed by atoms with Gasteiger partial charge in [-0.05, 0) is 42.4 Å². The molecule has 0 atom stereocenters. The first-order chi connectivity index (χ1) is 12.5. The van der Waals surface area contributed by atoms with E-state index >= 15 is 0 Å². The molecule has 1 aliphatic carbocycles. The molecule has 1 aliphatic heterocycles. The maximum absolute atomic E-state index is 12.4. The van der Waals surface area contributed by atoms with Crippen LogP contribution >= 0.6 is 0 Å². The zero-order valence-electron chi connectivity index (χ0n) is 15.3. The highest BCUT2D eigenvalue weighted by atomic mass is 16.5. The third-order valence-electron chi connectivity index (χ3n) is 5.48. The molecule has 6 nitrogen and oxygen atoms in total. The summed E-state index contributed by atoms with van der Waals surface area (Å²) in [5, 5.41) is 8.61. The lowest BCUT2D eigenvalue weighted by Crippen LogP contribution is -2.49. The maximum Gasteiger partial charge on any atom is 0.267 e. The van der Waals surface area contributed by atoms with E-state index in [0.29, 0.717) is 11.8 Å². The van der Waals surface area contributed by atoms with Crippen molar-refractivity contribution >= 4 is 23.6 Å². The number of hydrogen-bond donors (Lipinski definition) is 2. The number of anilines is 1. The third kappa shape index (κ3) is 4.64. The summed E-state index contributed by atoms with van der Waals surface area (Å²) >= 11 is 0. The molecule has 0 aromatic heterocycles. The number of para-hydroxylation sites is 1. The predicted octanol–water partition coefficient (Wildman–Crippen LogP) is 2.43. The van der Waals surface area contributed by atoms with Gasteiger partial charge in [0.1, 0.15) is 0 Å². The van der Waals surface area contributed by atoms with Gasteiger partial charge in [-0.25, -0.2) is 5.48 Å². The highest BCUT2D eigenvalue weighted by Gasteiger charge is 2.37. The number of carbonyl (C=O) groups excluding carboxylic acids is 2. The van der Waals surface area contributed by atoms with Gasteiger partial charge >= 0.3 is 0 Å². The molecule has 1 aromatic carbocycles. The van der Waals surface area contributed by atoms with Gasteiger partial charge in [-0.2, -0.15) is 0 Å². The number of piperazine rings is 1. The van der Waals surface area contributed by atoms with Crippen molar-refractivity contribution in [3.8, 4) is 0 Å². The molecule has 0 radical (unpaired) electrons. The first-order valence-electron chi connectivity index (χ1n) is 9.25. The zero-order chi connectivity index (χ0) is 18.6. The van der Waals surface area contributed by atoms with Crippen molar-refractivity contribution in [2.45, 2.75) is 32.6 Å². The molecule has 3 rings (SSSR count). The number of rotatable bonds is 6. The van der Waals surface area contributed by atoms with Gasteiger partial charge in [0, 0.05) is 44.4 Å². The lowest BCUT2D eigenvalue weighted by atomic mass is 10.0. The fraction of sp³-hybridized carbons (Fsp3) is 0.500. The van der Waals surface area contributed by atoms with Gasteiger partial charge in [-0.15, -0.1) is 0 Å². The summed E-state index contributed by atoms with van der Waals surface area (Å²) in [4.78, 5) is 27.9. The summed E-state index contributed by atoms with van der Waals surface area (Å²) in [6.07, 6.45) is 7.17. The molecule has 1 saturated carbocycles. The van der Waals surface area contributed by atoms with Crippen molar-refractivity contribution in [1.82, 2.24) is 10.4 Å². The van der Waals surface area contributed by atoms with Crippen LogP contribution in [0.2, 0.25) is 0 Å². The summed E-state index contributed by atoms with van der Waals surface area (Å²) in [5.41, 5.74) is 3.96. The molecule has 1 aromatic rings. The van der Waals surface area contributed by atoms with E-state index in [0.717, 1.165) is 43.9 Å². The summed E-state index contributed by atoms with van der Waals surface area (Å²) in [6.45, 7) is 5.27. The van der Waals surface area contributed by atoms with Gasteiger partial charge in [0.25, 0.3) is 5.91 Å². The van der Waals surface area contributed by atoms with Gasteiger partial charge in [-0.1, -0.05) is 25.1 Å². The van der Waals surface area contributed by atoms with Gasteiger partial charge in [-0.3, -0.25) is 14.8 Å². The number of carbonyl (C=O) groups is 2. The number of nitrogens with zero attached hydrogens (tertiary/aromatic N) is 2. The summed E-state index contributed by atoms with van der Waals surface area (Å²) in [5.74, 6) is -0.287. The number of hydroxylamine groups is 1. The zero-order valence-corrected chi connectivity index (χ0v) is 15.3. The molecule has 2 fully saturated rings. The number of nitrogens with one attached hydrogen (secondary N) is 1. The summed E-state index contributed by atoms with van der Waals surface area (Å²) < 4.78 is 0. The molecule has 0 bridgehead atoms. The molecule has 26 heavy (non-hydrogen) atoms. The number of benzene rings is 1. The average molecular weight is 357 g/mol. The van der Waals surface area contributed by atoms with Crippen LogP contribution < -0.4 is 10.4 Å². The van der Waals surface area contributed by atoms with Crippen LogP contribution in [-0.4, -0.2) is 48.1 Å². The molecule has 1 heterocycles. The van der Waals surface area contributed by atoms with Crippen molar-refractivity contribution in [1.29, 1.82) is 0 Å². The second-order valence-corrected chi connectivity index (χ2v) is 7.55. The topological polar surface area (TPSA) is 72.9 Å². The molecule has 2 N–H and O–H groups in total. The molecule has 2 aliphatic rings. The Bertz CT molecular complexity index is 689. The monoisotopic (exact) mass is 357 g/mol. The van der Waals surface area contributed by atoms with Crippen LogP contribution in [0.5, 0.6) is 0 Å². The molecular formula is C20H27N3O3. The van der Waals surface area contributed by atoms with E-state index in [1.807, 2.05) is 29.2 Å². The van der Waals surface area contributed by atoms with E-state index in [2.05, 4.69) is 11.8 Å². The fourth-order valence-corrected chi connectivity index (χ4v) is 3.35. The highest BCUT2D eigenvalue weighted by molar-refractivity contribution is 5.91. The minimum absolute atomic E-state index is 0.269. The second-order valence-electron chi connectivity index (χ2n) is 7.55. The number of amides is 2. The Kier molecular flexibility index (Phi) is 5.61. The van der Waals surface area contributed by atoms with Crippen LogP contribution in [0.15, 0.2) is 30.3 Å². The molecule has 2 amide bonds. The molecule has 0 spiro atoms. The molecule has 0 unspecified atom stereocenters. The average Bonchev–Trinajstić information content (AvgIpc) is 3.42. The Balaban J connectivity index is 1.57. The van der Waals surface area contributed by atoms with Crippen molar-refractivity contribution in [2.24, 2.45) is 5.41 Å². The minimum atomic E-state index is -0.556. The summed E-state index contributed by atoms with van der Waals surface area (Å²) in [7, 11) is 0. The standard InChI is InChI=1S/C20H27N3O3/c1-20(10-11-20)9-8-19(25)23-14-12-22(13-15-23)17-5-3-2-4-16(17)6-7-18(24)21-26/h2-7,26H,8-15H2,1H3,(H,21,24). The molecule has 1 saturated heterocycles. The highest BCUT2D eigenvalue weighted by Crippen LogP contribution is 2.48. The van der Waals surface area contributed by atoms with Crippen LogP contribution in [0, 0.1) is 5.41 Å². The molecule has 6 heteroatoms. The van der Waals surface area contributed by atoms with Crippen molar-refractivity contribution in [3.63, 3.8) is 0 Å². The third-order valence-corrected chi connectivity index (χ3v) is 5.48. The Labute approximate surface area is 154 Å². The Morgan fingerprint density at radius 2 is 1.88 bits per heavy atom. The first kappa shape index (κ1) is 18.5. The van der Waals surface area contributed by atoms with Crippen LogP contribution in [0.1, 0.15) is 38.2 Å². The van der Waals surface area contributed by atoms with Crippen LogP contribution in [0.25, 0.3) is 6.08 Å². The Morgan fingerprint density at radius 3 is 2.54 bits per heavy atom. The smallest absolute Gasteiger partial charge is 0.267 e. The Hall–Kier alpha value is -2.34. The maximum atomic E-state index is 12.4. The van der Waals surface area contributed by atoms with Gasteiger partial charge in [0.05, 0.1) is 0 Å². The minimum Gasteiger partial charge on any atom is -0.367 e. The predicted molar refractivity (Wildman–Crippen MR) is 101 cm³/mol. The van der Waals surface area contributed by atoms with Gasteiger partial charge in [0.2, 0.25) is 5.91 Å². The van der Waals surface area contributed by atoms with Crippen molar-refractivity contribution in [3.05, 3.63) is 35.9 Å². The molecular weight excluding hydrogens is 330 g/mol. The normalized spacial score (nSPS) is 18.8. The fourth-order valence-electron chi connectivity index (χ4n) is 3.35. The van der Waals surface area contributed by atoms with E-state index in [-0.39, 0.29) is 5.91 Å². The largest absolute Gasteiger partial charge is 0.367 e. The van der Waals surface area contributed by atoms with E-state index in [9.17, 15) is 9.59 Å². The SMILES string of the molecule is CC1(CCC(=O)N2CCN(c3ccccc3C=CC(=O)NO)CC2)CC1. The first-order valence-corrected chi connectivity index (χ1v) is 9.25. The second kappa shape index (κ2) is 7.91. The molecule has 140 valence electrons. The van der Waals surface area contributed by atoms with Crippen LogP contribution in [-0.2, 0) is 9.59 Å². The van der Waals surface area contributed by atoms with E-state index in [1.54, 1.807) is 11.6 Å². The van der Waals surface area contributed by atoms with Gasteiger partial charge < -0.3 is 9.80 Å². The van der Waals surface area contributed by atoms with E-state index < -0.39 is 5.91 Å². The number of hydrogen-bond acceptors (Lipinski definition) is 4. The van der Waals surface area contributed by atoms with Crippen molar-refractivity contribution in [2.75, 3.05) is 31.1 Å². The van der Waals surface area contributed by atoms with Crippen molar-refractivity contribution < 1.29 is 14.8 Å². The quantitative estimate of drug-likeness (QED) is 0.466. The van der Waals surface area contributed by atoms with E-state index in [1.165, 1.54) is 18.9 Å². The Morgan fingerprint density at radius 1 is 1.19 bits per heavy atom. The lowest BCUT2D eigenvalue weighted by molar-refractivity contribution is -0.131.